The van der Waals surface area contributed by atoms with Gasteiger partial charge in [0.15, 0.2) is 6.23 Å². The molecule has 10 heteroatoms. The third-order valence-corrected chi connectivity index (χ3v) is 7.37. The Kier molecular flexibility index (Phi) is 5.32. The summed E-state index contributed by atoms with van der Waals surface area (Å²) in [6.07, 6.45) is 4.14. The lowest BCUT2D eigenvalue weighted by molar-refractivity contribution is -0.0572. The van der Waals surface area contributed by atoms with Gasteiger partial charge in [0.1, 0.15) is 36.1 Å². The van der Waals surface area contributed by atoms with Crippen LogP contribution in [-0.4, -0.2) is 91.1 Å². The van der Waals surface area contributed by atoms with Crippen molar-refractivity contribution in [3.8, 4) is 6.07 Å². The maximum Gasteiger partial charge on any atom is 0.164 e. The number of piperidine rings is 1. The minimum absolute atomic E-state index is 0.0971. The van der Waals surface area contributed by atoms with Crippen LogP contribution in [0.15, 0.2) is 18.6 Å². The molecule has 4 N–H and O–H groups in total. The van der Waals surface area contributed by atoms with Gasteiger partial charge in [0.05, 0.1) is 18.0 Å². The Bertz CT molecular complexity index is 981. The Balaban J connectivity index is 1.31. The molecular weight excluding hydrogens is 398 g/mol. The molecule has 4 atom stereocenters. The first kappa shape index (κ1) is 20.6. The monoisotopic (exact) mass is 427 g/mol. The summed E-state index contributed by atoms with van der Waals surface area (Å²) in [5.74, 6) is 0.370. The van der Waals surface area contributed by atoms with E-state index in [1.165, 1.54) is 6.33 Å². The highest BCUT2D eigenvalue weighted by molar-refractivity contribution is 5.86. The largest absolute Gasteiger partial charge is 0.387 e. The Morgan fingerprint density at radius 1 is 1.19 bits per heavy atom. The highest BCUT2D eigenvalue weighted by Crippen LogP contribution is 2.40. The molecule has 166 valence electrons. The highest BCUT2D eigenvalue weighted by Gasteiger charge is 2.49. The molecule has 0 unspecified atom stereocenters. The molecule has 3 aliphatic rings. The summed E-state index contributed by atoms with van der Waals surface area (Å²) in [6, 6.07) is 4.04. The lowest BCUT2D eigenvalue weighted by Crippen LogP contribution is -2.54. The second kappa shape index (κ2) is 8.00. The molecule has 0 aromatic carbocycles. The second-order valence-corrected chi connectivity index (χ2v) is 8.97. The van der Waals surface area contributed by atoms with Crippen molar-refractivity contribution in [1.29, 1.82) is 5.26 Å². The van der Waals surface area contributed by atoms with Gasteiger partial charge in [-0.3, -0.25) is 9.80 Å². The third-order valence-electron chi connectivity index (χ3n) is 7.37. The zero-order valence-corrected chi connectivity index (χ0v) is 17.5. The predicted molar refractivity (Wildman–Crippen MR) is 113 cm³/mol. The Labute approximate surface area is 180 Å². The first-order chi connectivity index (χ1) is 15.0. The molecule has 0 bridgehead atoms. The molecule has 0 aliphatic carbocycles. The summed E-state index contributed by atoms with van der Waals surface area (Å²) in [4.78, 5) is 12.9. The van der Waals surface area contributed by atoms with Gasteiger partial charge in [-0.2, -0.15) is 5.26 Å². The van der Waals surface area contributed by atoms with Crippen molar-refractivity contribution in [3.05, 3.63) is 18.6 Å². The molecule has 3 fully saturated rings. The number of hydrogen-bond acceptors (Lipinski definition) is 9. The van der Waals surface area contributed by atoms with Gasteiger partial charge in [-0.1, -0.05) is 0 Å². The summed E-state index contributed by atoms with van der Waals surface area (Å²) >= 11 is 0. The molecule has 1 spiro atoms. The number of nitrogens with zero attached hydrogens (tertiary/aromatic N) is 6. The number of hydrogen-bond donors (Lipinski definition) is 3. The Morgan fingerprint density at radius 2 is 2.00 bits per heavy atom. The average molecular weight is 428 g/mol. The van der Waals surface area contributed by atoms with E-state index < -0.39 is 24.5 Å². The van der Waals surface area contributed by atoms with Crippen LogP contribution >= 0.6 is 0 Å². The van der Waals surface area contributed by atoms with Crippen LogP contribution in [-0.2, 0) is 4.74 Å². The summed E-state index contributed by atoms with van der Waals surface area (Å²) in [5, 5.41) is 31.2. The predicted octanol–water partition coefficient (Wildman–Crippen LogP) is 0.0867. The number of aliphatic hydroxyl groups is 2. The third kappa shape index (κ3) is 3.46. The van der Waals surface area contributed by atoms with Gasteiger partial charge in [0, 0.05) is 31.4 Å². The minimum Gasteiger partial charge on any atom is -0.387 e. The van der Waals surface area contributed by atoms with Gasteiger partial charge in [-0.15, -0.1) is 0 Å². The number of anilines is 1. The minimum atomic E-state index is -1.06. The smallest absolute Gasteiger partial charge is 0.164 e. The van der Waals surface area contributed by atoms with Crippen molar-refractivity contribution in [1.82, 2.24) is 24.3 Å². The molecule has 2 aromatic heterocycles. The molecule has 3 aliphatic heterocycles. The van der Waals surface area contributed by atoms with Crippen LogP contribution in [0.2, 0.25) is 0 Å². The van der Waals surface area contributed by atoms with Gasteiger partial charge >= 0.3 is 0 Å². The fourth-order valence-electron chi connectivity index (χ4n) is 5.60. The van der Waals surface area contributed by atoms with Crippen LogP contribution in [0.25, 0.3) is 11.0 Å². The molecule has 0 saturated carbocycles. The number of aliphatic hydroxyl groups excluding tert-OH is 2. The first-order valence-corrected chi connectivity index (χ1v) is 11.0. The number of likely N-dealkylation sites (tertiary alicyclic amines) is 2. The van der Waals surface area contributed by atoms with Crippen molar-refractivity contribution in [2.45, 2.75) is 55.8 Å². The van der Waals surface area contributed by atoms with Crippen LogP contribution in [0.1, 0.15) is 31.9 Å². The summed E-state index contributed by atoms with van der Waals surface area (Å²) in [6.45, 7) is 3.85. The fourth-order valence-corrected chi connectivity index (χ4v) is 5.60. The number of nitrogens with two attached hydrogens (primary N) is 1. The van der Waals surface area contributed by atoms with Gasteiger partial charge in [-0.05, 0) is 38.3 Å². The second-order valence-electron chi connectivity index (χ2n) is 8.97. The molecule has 31 heavy (non-hydrogen) atoms. The van der Waals surface area contributed by atoms with Gasteiger partial charge in [-0.25, -0.2) is 9.97 Å². The van der Waals surface area contributed by atoms with E-state index in [-0.39, 0.29) is 5.54 Å². The van der Waals surface area contributed by atoms with E-state index in [0.717, 1.165) is 45.3 Å². The zero-order chi connectivity index (χ0) is 21.6. The van der Waals surface area contributed by atoms with Crippen molar-refractivity contribution >= 4 is 16.9 Å². The molecule has 5 rings (SSSR count). The molecular formula is C21H29N7O3. The number of aromatic nitrogens is 3. The SMILES string of the molecule is N#CCN1CCC2(CCCN2C[C@H]2O[C@@H](n3ccc4c(N)ncnc43)[C@H](O)[C@@H]2O)CC1. The Hall–Kier alpha value is -2.29. The number of nitrogen functional groups attached to an aromatic ring is 1. The van der Waals surface area contributed by atoms with E-state index >= 15 is 0 Å². The molecule has 3 saturated heterocycles. The lowest BCUT2D eigenvalue weighted by atomic mass is 9.84. The highest BCUT2D eigenvalue weighted by atomic mass is 16.6. The lowest BCUT2D eigenvalue weighted by Gasteiger charge is -2.45. The number of ether oxygens (including phenoxy) is 1. The quantitative estimate of drug-likeness (QED) is 0.580. The number of fused-ring (bicyclic) bond motifs is 1. The summed E-state index contributed by atoms with van der Waals surface area (Å²) in [5.41, 5.74) is 6.60. The van der Waals surface area contributed by atoms with E-state index in [1.807, 2.05) is 0 Å². The van der Waals surface area contributed by atoms with Gasteiger partial charge in [0.2, 0.25) is 0 Å². The fraction of sp³-hybridized carbons (Fsp3) is 0.667. The summed E-state index contributed by atoms with van der Waals surface area (Å²) < 4.78 is 7.92. The topological polar surface area (TPSA) is 137 Å². The van der Waals surface area contributed by atoms with E-state index in [0.29, 0.717) is 29.9 Å². The molecule has 0 amide bonds. The Morgan fingerprint density at radius 3 is 2.77 bits per heavy atom. The van der Waals surface area contributed by atoms with Crippen LogP contribution in [0, 0.1) is 11.3 Å². The zero-order valence-electron chi connectivity index (χ0n) is 17.5. The van der Waals surface area contributed by atoms with Gasteiger partial charge < -0.3 is 25.3 Å². The molecule has 2 aromatic rings. The maximum absolute atomic E-state index is 10.8. The van der Waals surface area contributed by atoms with E-state index in [2.05, 4.69) is 25.8 Å². The van der Waals surface area contributed by atoms with E-state index in [1.54, 1.807) is 16.8 Å². The van der Waals surface area contributed by atoms with Gasteiger partial charge in [0.25, 0.3) is 0 Å². The van der Waals surface area contributed by atoms with Crippen molar-refractivity contribution < 1.29 is 14.9 Å². The maximum atomic E-state index is 10.8. The average Bonchev–Trinajstić information content (AvgIpc) is 3.44. The first-order valence-electron chi connectivity index (χ1n) is 11.0. The standard InChI is InChI=1S/C21H29N7O3/c22-6-11-26-9-4-21(5-10-26)3-1-7-27(21)12-15-16(29)17(30)20(31-15)28-8-2-14-18(23)24-13-25-19(14)28/h2,8,13,15-17,20,29-30H,1,3-5,7,9-12H2,(H2,23,24,25)/t15-,16-,17-,20-/m1/s1. The van der Waals surface area contributed by atoms with Crippen molar-refractivity contribution in [3.63, 3.8) is 0 Å². The number of rotatable bonds is 4. The van der Waals surface area contributed by atoms with E-state index in [9.17, 15) is 10.2 Å². The van der Waals surface area contributed by atoms with Crippen LogP contribution in [0.4, 0.5) is 5.82 Å². The molecule has 0 radical (unpaired) electrons. The normalized spacial score (nSPS) is 31.5. The van der Waals surface area contributed by atoms with Crippen molar-refractivity contribution in [2.75, 3.05) is 38.5 Å². The van der Waals surface area contributed by atoms with Crippen molar-refractivity contribution in [2.24, 2.45) is 0 Å². The summed E-state index contributed by atoms with van der Waals surface area (Å²) in [7, 11) is 0. The van der Waals surface area contributed by atoms with E-state index in [4.69, 9.17) is 15.7 Å². The molecule has 10 nitrogen and oxygen atoms in total. The van der Waals surface area contributed by atoms with Crippen LogP contribution in [0.3, 0.4) is 0 Å². The van der Waals surface area contributed by atoms with Crippen LogP contribution in [0.5, 0.6) is 0 Å². The van der Waals surface area contributed by atoms with Crippen LogP contribution < -0.4 is 5.73 Å². The molecule has 5 heterocycles. The number of nitriles is 1.